The van der Waals surface area contributed by atoms with Crippen LogP contribution in [0.5, 0.6) is 0 Å². The Labute approximate surface area is 96.5 Å². The van der Waals surface area contributed by atoms with Gasteiger partial charge in [-0.05, 0) is 47.0 Å². The van der Waals surface area contributed by atoms with Gasteiger partial charge >= 0.3 is 0 Å². The Morgan fingerprint density at radius 1 is 1.47 bits per heavy atom. The number of aromatic nitrogens is 1. The third kappa shape index (κ3) is 5.25. The molecule has 1 aromatic rings. The zero-order valence-corrected chi connectivity index (χ0v) is 10.7. The van der Waals surface area contributed by atoms with Crippen molar-refractivity contribution < 1.29 is 0 Å². The summed E-state index contributed by atoms with van der Waals surface area (Å²) in [4.78, 5) is 7.63. The molecule has 0 aromatic carbocycles. The Bertz CT molecular complexity index is 246. The van der Waals surface area contributed by atoms with Gasteiger partial charge in [-0.25, -0.2) is 0 Å². The van der Waals surface area contributed by atoms with E-state index >= 15 is 0 Å². The van der Waals surface area contributed by atoms with Gasteiger partial charge in [0.15, 0.2) is 0 Å². The van der Waals surface area contributed by atoms with Crippen LogP contribution in [-0.4, -0.2) is 37.1 Å². The number of unbranched alkanes of at least 4 members (excludes halogenated alkanes) is 1. The van der Waals surface area contributed by atoms with Crippen LogP contribution in [0.15, 0.2) is 11.7 Å². The molecule has 1 unspecified atom stereocenters. The van der Waals surface area contributed by atoms with Gasteiger partial charge < -0.3 is 10.2 Å². The minimum absolute atomic E-state index is 0.442. The topological polar surface area (TPSA) is 28.2 Å². The molecule has 0 amide bonds. The van der Waals surface area contributed by atoms with E-state index in [4.69, 9.17) is 0 Å². The molecule has 1 aromatic heterocycles. The predicted molar refractivity (Wildman–Crippen MR) is 66.3 cm³/mol. The third-order valence-electron chi connectivity index (χ3n) is 2.36. The van der Waals surface area contributed by atoms with Crippen LogP contribution in [0, 0.1) is 0 Å². The molecule has 1 rings (SSSR count). The van der Waals surface area contributed by atoms with E-state index in [2.05, 4.69) is 36.2 Å². The van der Waals surface area contributed by atoms with Gasteiger partial charge in [0, 0.05) is 17.1 Å². The molecule has 15 heavy (non-hydrogen) atoms. The fraction of sp³-hybridized carbons (Fsp3) is 0.727. The van der Waals surface area contributed by atoms with Crippen LogP contribution in [0.4, 0.5) is 0 Å². The lowest BCUT2D eigenvalue weighted by atomic mass is 10.2. The highest BCUT2D eigenvalue weighted by Crippen LogP contribution is 2.15. The van der Waals surface area contributed by atoms with E-state index in [1.165, 1.54) is 24.3 Å². The SMILES string of the molecule is CC(NCCCCN(C)C)c1cncs1. The zero-order valence-electron chi connectivity index (χ0n) is 9.86. The molecule has 0 radical (unpaired) electrons. The van der Waals surface area contributed by atoms with Crippen molar-refractivity contribution in [2.45, 2.75) is 25.8 Å². The van der Waals surface area contributed by atoms with Gasteiger partial charge in [-0.3, -0.25) is 4.98 Å². The summed E-state index contributed by atoms with van der Waals surface area (Å²) in [6, 6.07) is 0.442. The lowest BCUT2D eigenvalue weighted by Crippen LogP contribution is -2.20. The molecule has 0 aliphatic rings. The highest BCUT2D eigenvalue weighted by atomic mass is 32.1. The molecule has 1 heterocycles. The lowest BCUT2D eigenvalue weighted by Gasteiger charge is -2.12. The van der Waals surface area contributed by atoms with Gasteiger partial charge in [-0.15, -0.1) is 11.3 Å². The summed E-state index contributed by atoms with van der Waals surface area (Å²) in [5.41, 5.74) is 1.89. The van der Waals surface area contributed by atoms with Crippen molar-refractivity contribution in [2.75, 3.05) is 27.2 Å². The van der Waals surface area contributed by atoms with Gasteiger partial charge in [0.25, 0.3) is 0 Å². The molecule has 0 bridgehead atoms. The van der Waals surface area contributed by atoms with E-state index < -0.39 is 0 Å². The van der Waals surface area contributed by atoms with Gasteiger partial charge in [0.2, 0.25) is 0 Å². The number of hydrogen-bond acceptors (Lipinski definition) is 4. The molecule has 0 aliphatic heterocycles. The molecule has 86 valence electrons. The normalized spacial score (nSPS) is 13.3. The van der Waals surface area contributed by atoms with Crippen molar-refractivity contribution >= 4 is 11.3 Å². The van der Waals surface area contributed by atoms with Crippen molar-refractivity contribution in [3.8, 4) is 0 Å². The number of nitrogens with zero attached hydrogens (tertiary/aromatic N) is 2. The summed E-state index contributed by atoms with van der Waals surface area (Å²) in [6.07, 6.45) is 4.44. The predicted octanol–water partition coefficient (Wildman–Crippen LogP) is 2.14. The monoisotopic (exact) mass is 227 g/mol. The fourth-order valence-electron chi connectivity index (χ4n) is 1.41. The Kier molecular flexibility index (Phi) is 5.83. The van der Waals surface area contributed by atoms with E-state index in [0.29, 0.717) is 6.04 Å². The summed E-state index contributed by atoms with van der Waals surface area (Å²) in [7, 11) is 4.24. The quantitative estimate of drug-likeness (QED) is 0.723. The molecule has 3 nitrogen and oxygen atoms in total. The van der Waals surface area contributed by atoms with Crippen LogP contribution in [0.25, 0.3) is 0 Å². The molecule has 0 saturated carbocycles. The smallest absolute Gasteiger partial charge is 0.0794 e. The standard InChI is InChI=1S/C11H21N3S/c1-10(11-8-12-9-15-11)13-6-4-5-7-14(2)3/h8-10,13H,4-7H2,1-3H3. The Hall–Kier alpha value is -0.450. The highest BCUT2D eigenvalue weighted by Gasteiger charge is 2.04. The van der Waals surface area contributed by atoms with E-state index in [9.17, 15) is 0 Å². The van der Waals surface area contributed by atoms with Crippen molar-refractivity contribution in [3.63, 3.8) is 0 Å². The summed E-state index contributed by atoms with van der Waals surface area (Å²) < 4.78 is 0. The minimum Gasteiger partial charge on any atom is -0.309 e. The first-order chi connectivity index (χ1) is 7.20. The average molecular weight is 227 g/mol. The molecule has 0 saturated heterocycles. The molecule has 4 heteroatoms. The second-order valence-corrected chi connectivity index (χ2v) is 5.01. The van der Waals surface area contributed by atoms with E-state index in [1.54, 1.807) is 11.3 Å². The highest BCUT2D eigenvalue weighted by molar-refractivity contribution is 7.09. The lowest BCUT2D eigenvalue weighted by molar-refractivity contribution is 0.389. The molecule has 0 fully saturated rings. The second-order valence-electron chi connectivity index (χ2n) is 4.09. The largest absolute Gasteiger partial charge is 0.309 e. The fourth-order valence-corrected chi connectivity index (χ4v) is 2.06. The summed E-state index contributed by atoms with van der Waals surface area (Å²) in [5.74, 6) is 0. The van der Waals surface area contributed by atoms with Crippen LogP contribution in [0.1, 0.15) is 30.7 Å². The first-order valence-corrected chi connectivity index (χ1v) is 6.34. The maximum absolute atomic E-state index is 4.08. The maximum Gasteiger partial charge on any atom is 0.0794 e. The van der Waals surface area contributed by atoms with Gasteiger partial charge in [0.1, 0.15) is 0 Å². The van der Waals surface area contributed by atoms with E-state index in [-0.39, 0.29) is 0 Å². The van der Waals surface area contributed by atoms with E-state index in [1.807, 2.05) is 11.7 Å². The number of thiazole rings is 1. The molecule has 0 spiro atoms. The van der Waals surface area contributed by atoms with Crippen molar-refractivity contribution in [1.29, 1.82) is 0 Å². The maximum atomic E-state index is 4.08. The summed E-state index contributed by atoms with van der Waals surface area (Å²) in [6.45, 7) is 4.46. The van der Waals surface area contributed by atoms with Crippen LogP contribution >= 0.6 is 11.3 Å². The second kappa shape index (κ2) is 6.93. The number of rotatable bonds is 7. The average Bonchev–Trinajstić information content (AvgIpc) is 2.69. The van der Waals surface area contributed by atoms with Crippen molar-refractivity contribution in [2.24, 2.45) is 0 Å². The summed E-state index contributed by atoms with van der Waals surface area (Å²) in [5, 5.41) is 3.51. The van der Waals surface area contributed by atoms with Gasteiger partial charge in [0.05, 0.1) is 5.51 Å². The first kappa shape index (κ1) is 12.6. The summed E-state index contributed by atoms with van der Waals surface area (Å²) >= 11 is 1.72. The number of hydrogen-bond donors (Lipinski definition) is 1. The molecular weight excluding hydrogens is 206 g/mol. The Balaban J connectivity index is 2.05. The van der Waals surface area contributed by atoms with Gasteiger partial charge in [-0.1, -0.05) is 0 Å². The molecule has 0 aliphatic carbocycles. The van der Waals surface area contributed by atoms with Crippen molar-refractivity contribution in [3.05, 3.63) is 16.6 Å². The third-order valence-corrected chi connectivity index (χ3v) is 3.32. The van der Waals surface area contributed by atoms with Gasteiger partial charge in [-0.2, -0.15) is 0 Å². The van der Waals surface area contributed by atoms with E-state index in [0.717, 1.165) is 6.54 Å². The van der Waals surface area contributed by atoms with Crippen LogP contribution in [0.2, 0.25) is 0 Å². The molecule has 1 atom stereocenters. The van der Waals surface area contributed by atoms with Crippen LogP contribution in [-0.2, 0) is 0 Å². The van der Waals surface area contributed by atoms with Crippen LogP contribution in [0.3, 0.4) is 0 Å². The Morgan fingerprint density at radius 3 is 2.87 bits per heavy atom. The number of nitrogens with one attached hydrogen (secondary N) is 1. The zero-order chi connectivity index (χ0) is 11.1. The molecular formula is C11H21N3S. The Morgan fingerprint density at radius 2 is 2.27 bits per heavy atom. The minimum atomic E-state index is 0.442. The first-order valence-electron chi connectivity index (χ1n) is 5.46. The van der Waals surface area contributed by atoms with Crippen LogP contribution < -0.4 is 5.32 Å². The molecule has 1 N–H and O–H groups in total. The van der Waals surface area contributed by atoms with Crippen molar-refractivity contribution in [1.82, 2.24) is 15.2 Å².